The quantitative estimate of drug-likeness (QED) is 0.901. The summed E-state index contributed by atoms with van der Waals surface area (Å²) < 4.78 is 5.77. The van der Waals surface area contributed by atoms with Crippen molar-refractivity contribution in [3.8, 4) is 0 Å². The van der Waals surface area contributed by atoms with Gasteiger partial charge in [-0.1, -0.05) is 13.8 Å². The molecule has 1 N–H and O–H groups in total. The Morgan fingerprint density at radius 3 is 2.57 bits per heavy atom. The van der Waals surface area contributed by atoms with Crippen molar-refractivity contribution in [3.63, 3.8) is 0 Å². The second-order valence-corrected chi connectivity index (χ2v) is 6.61. The van der Waals surface area contributed by atoms with E-state index in [1.807, 2.05) is 18.7 Å². The molecule has 2 heterocycles. The van der Waals surface area contributed by atoms with Gasteiger partial charge in [0.05, 0.1) is 0 Å². The van der Waals surface area contributed by atoms with Gasteiger partial charge < -0.3 is 14.6 Å². The van der Waals surface area contributed by atoms with E-state index in [9.17, 15) is 9.59 Å². The average molecular weight is 357 g/mol. The van der Waals surface area contributed by atoms with Crippen LogP contribution in [0.2, 0.25) is 0 Å². The molecule has 1 aromatic heterocycles. The average Bonchev–Trinajstić information content (AvgIpc) is 2.85. The Labute approximate surface area is 133 Å². The van der Waals surface area contributed by atoms with Gasteiger partial charge in [-0.3, -0.25) is 9.59 Å². The smallest absolute Gasteiger partial charge is 0.287 e. The molecule has 2 rings (SSSR count). The van der Waals surface area contributed by atoms with Crippen LogP contribution in [-0.4, -0.2) is 35.8 Å². The highest BCUT2D eigenvalue weighted by atomic mass is 79.9. The minimum Gasteiger partial charge on any atom is -0.444 e. The van der Waals surface area contributed by atoms with E-state index in [0.29, 0.717) is 35.9 Å². The Morgan fingerprint density at radius 2 is 2.05 bits per heavy atom. The van der Waals surface area contributed by atoms with Gasteiger partial charge in [0.25, 0.3) is 5.91 Å². The summed E-state index contributed by atoms with van der Waals surface area (Å²) in [5.41, 5.74) is 0. The third-order valence-electron chi connectivity index (χ3n) is 3.56. The SMILES string of the molecule is CC(C)CC(=O)N1CCC(NC(=O)c2ccc(Br)o2)CC1. The number of carbonyl (C=O) groups is 2. The van der Waals surface area contributed by atoms with Gasteiger partial charge in [0.15, 0.2) is 10.4 Å². The van der Waals surface area contributed by atoms with Gasteiger partial charge in [0.2, 0.25) is 5.91 Å². The lowest BCUT2D eigenvalue weighted by Gasteiger charge is -2.32. The highest BCUT2D eigenvalue weighted by Crippen LogP contribution is 2.16. The lowest BCUT2D eigenvalue weighted by atomic mass is 10.0. The molecule has 0 atom stereocenters. The molecule has 0 aliphatic carbocycles. The molecule has 0 spiro atoms. The second kappa shape index (κ2) is 7.11. The van der Waals surface area contributed by atoms with Gasteiger partial charge in [-0.2, -0.15) is 0 Å². The number of nitrogens with zero attached hydrogens (tertiary/aromatic N) is 1. The first-order chi connectivity index (χ1) is 9.95. The maximum absolute atomic E-state index is 12.0. The van der Waals surface area contributed by atoms with Crippen molar-refractivity contribution in [3.05, 3.63) is 22.6 Å². The Bertz CT molecular complexity index is 505. The normalized spacial score (nSPS) is 16.3. The third-order valence-corrected chi connectivity index (χ3v) is 3.99. The van der Waals surface area contributed by atoms with Gasteiger partial charge >= 0.3 is 0 Å². The van der Waals surface area contributed by atoms with E-state index in [1.54, 1.807) is 12.1 Å². The maximum Gasteiger partial charge on any atom is 0.287 e. The number of rotatable bonds is 4. The Balaban J connectivity index is 1.79. The zero-order valence-electron chi connectivity index (χ0n) is 12.4. The summed E-state index contributed by atoms with van der Waals surface area (Å²) in [5, 5.41) is 2.96. The number of carbonyl (C=O) groups excluding carboxylic acids is 2. The molecular formula is C15H21BrN2O3. The number of furan rings is 1. The molecule has 1 fully saturated rings. The van der Waals surface area contributed by atoms with Crippen molar-refractivity contribution in [2.24, 2.45) is 5.92 Å². The van der Waals surface area contributed by atoms with Gasteiger partial charge in [0, 0.05) is 25.6 Å². The standard InChI is InChI=1S/C15H21BrN2O3/c1-10(2)9-14(19)18-7-5-11(6-8-18)17-15(20)12-3-4-13(16)21-12/h3-4,10-11H,5-9H2,1-2H3,(H,17,20). The Hall–Kier alpha value is -1.30. The van der Waals surface area contributed by atoms with Gasteiger partial charge in [0.1, 0.15) is 0 Å². The molecule has 0 saturated carbocycles. The first-order valence-electron chi connectivity index (χ1n) is 7.29. The van der Waals surface area contributed by atoms with Crippen LogP contribution in [-0.2, 0) is 4.79 Å². The molecule has 0 bridgehead atoms. The number of amides is 2. The summed E-state index contributed by atoms with van der Waals surface area (Å²) >= 11 is 3.18. The number of halogens is 1. The van der Waals surface area contributed by atoms with E-state index in [-0.39, 0.29) is 17.9 Å². The molecule has 0 aromatic carbocycles. The summed E-state index contributed by atoms with van der Waals surface area (Å²) in [5.74, 6) is 0.699. The van der Waals surface area contributed by atoms with Crippen LogP contribution in [0.15, 0.2) is 21.2 Å². The van der Waals surface area contributed by atoms with Crippen LogP contribution >= 0.6 is 15.9 Å². The number of piperidine rings is 1. The monoisotopic (exact) mass is 356 g/mol. The summed E-state index contributed by atoms with van der Waals surface area (Å²) in [6.07, 6.45) is 2.17. The lowest BCUT2D eigenvalue weighted by molar-refractivity contribution is -0.133. The van der Waals surface area contributed by atoms with E-state index in [2.05, 4.69) is 21.2 Å². The predicted octanol–water partition coefficient (Wildman–Crippen LogP) is 2.81. The molecule has 1 aliphatic rings. The van der Waals surface area contributed by atoms with Crippen LogP contribution in [0.25, 0.3) is 0 Å². The van der Waals surface area contributed by atoms with Gasteiger partial charge in [-0.05, 0) is 46.8 Å². The number of hydrogen-bond donors (Lipinski definition) is 1. The third kappa shape index (κ3) is 4.59. The molecule has 1 saturated heterocycles. The van der Waals surface area contributed by atoms with Crippen LogP contribution < -0.4 is 5.32 Å². The molecule has 116 valence electrons. The number of nitrogens with one attached hydrogen (secondary N) is 1. The number of likely N-dealkylation sites (tertiary alicyclic amines) is 1. The zero-order chi connectivity index (χ0) is 15.4. The minimum atomic E-state index is -0.201. The van der Waals surface area contributed by atoms with Crippen molar-refractivity contribution < 1.29 is 14.0 Å². The molecule has 0 unspecified atom stereocenters. The predicted molar refractivity (Wildman–Crippen MR) is 82.9 cm³/mol. The van der Waals surface area contributed by atoms with Crippen LogP contribution in [0.5, 0.6) is 0 Å². The van der Waals surface area contributed by atoms with Crippen molar-refractivity contribution in [1.29, 1.82) is 0 Å². The molecular weight excluding hydrogens is 336 g/mol. The Morgan fingerprint density at radius 1 is 1.38 bits per heavy atom. The van der Waals surface area contributed by atoms with E-state index in [1.165, 1.54) is 0 Å². The maximum atomic E-state index is 12.0. The fourth-order valence-electron chi connectivity index (χ4n) is 2.44. The van der Waals surface area contributed by atoms with E-state index in [0.717, 1.165) is 12.8 Å². The molecule has 0 radical (unpaired) electrons. The van der Waals surface area contributed by atoms with Crippen LogP contribution in [0.3, 0.4) is 0 Å². The minimum absolute atomic E-state index is 0.101. The molecule has 1 aliphatic heterocycles. The van der Waals surface area contributed by atoms with Crippen LogP contribution in [0.4, 0.5) is 0 Å². The van der Waals surface area contributed by atoms with E-state index < -0.39 is 0 Å². The molecule has 21 heavy (non-hydrogen) atoms. The van der Waals surface area contributed by atoms with Crippen LogP contribution in [0.1, 0.15) is 43.7 Å². The van der Waals surface area contributed by atoms with Gasteiger partial charge in [-0.25, -0.2) is 0 Å². The Kier molecular flexibility index (Phi) is 5.45. The molecule has 6 heteroatoms. The van der Waals surface area contributed by atoms with Crippen molar-refractivity contribution in [2.45, 2.75) is 39.2 Å². The van der Waals surface area contributed by atoms with E-state index >= 15 is 0 Å². The summed E-state index contributed by atoms with van der Waals surface area (Å²) in [4.78, 5) is 25.9. The molecule has 1 aromatic rings. The zero-order valence-corrected chi connectivity index (χ0v) is 14.0. The lowest BCUT2D eigenvalue weighted by Crippen LogP contribution is -2.46. The van der Waals surface area contributed by atoms with Gasteiger partial charge in [-0.15, -0.1) is 0 Å². The second-order valence-electron chi connectivity index (χ2n) is 5.83. The number of hydrogen-bond acceptors (Lipinski definition) is 3. The fourth-order valence-corrected chi connectivity index (χ4v) is 2.75. The van der Waals surface area contributed by atoms with Crippen molar-refractivity contribution >= 4 is 27.7 Å². The summed E-state index contributed by atoms with van der Waals surface area (Å²) in [6.45, 7) is 5.51. The van der Waals surface area contributed by atoms with Crippen LogP contribution in [0, 0.1) is 5.92 Å². The summed E-state index contributed by atoms with van der Waals surface area (Å²) in [7, 11) is 0. The molecule has 5 nitrogen and oxygen atoms in total. The van der Waals surface area contributed by atoms with Crippen molar-refractivity contribution in [1.82, 2.24) is 10.2 Å². The largest absolute Gasteiger partial charge is 0.444 e. The van der Waals surface area contributed by atoms with E-state index in [4.69, 9.17) is 4.42 Å². The first kappa shape index (κ1) is 16.1. The molecule has 2 amide bonds. The first-order valence-corrected chi connectivity index (χ1v) is 8.09. The fraction of sp³-hybridized carbons (Fsp3) is 0.600. The highest BCUT2D eigenvalue weighted by molar-refractivity contribution is 9.10. The topological polar surface area (TPSA) is 62.6 Å². The van der Waals surface area contributed by atoms with Crippen molar-refractivity contribution in [2.75, 3.05) is 13.1 Å². The highest BCUT2D eigenvalue weighted by Gasteiger charge is 2.25. The summed E-state index contributed by atoms with van der Waals surface area (Å²) in [6, 6.07) is 3.44.